The highest BCUT2D eigenvalue weighted by atomic mass is 35.5. The lowest BCUT2D eigenvalue weighted by Gasteiger charge is -2.16. The highest BCUT2D eigenvalue weighted by molar-refractivity contribution is 7.10. The van der Waals surface area contributed by atoms with Crippen LogP contribution in [0.1, 0.15) is 49.0 Å². The maximum atomic E-state index is 13.3. The van der Waals surface area contributed by atoms with E-state index in [1.165, 1.54) is 30.8 Å². The number of nitrogens with zero attached hydrogens (tertiary/aromatic N) is 6. The van der Waals surface area contributed by atoms with Gasteiger partial charge in [-0.05, 0) is 35.9 Å². The Bertz CT molecular complexity index is 1820. The monoisotopic (exact) mass is 670 g/mol. The molecule has 0 saturated heterocycles. The van der Waals surface area contributed by atoms with Crippen LogP contribution in [0.15, 0.2) is 34.9 Å². The molecule has 0 spiro atoms. The highest BCUT2D eigenvalue weighted by Gasteiger charge is 2.34. The quantitative estimate of drug-likeness (QED) is 0.0624. The first kappa shape index (κ1) is 32.5. The maximum absolute atomic E-state index is 13.3. The Morgan fingerprint density at radius 1 is 1.28 bits per heavy atom. The van der Waals surface area contributed by atoms with Gasteiger partial charge in [0.05, 0.1) is 30.8 Å². The van der Waals surface area contributed by atoms with Gasteiger partial charge in [0, 0.05) is 48.7 Å². The van der Waals surface area contributed by atoms with E-state index in [0.717, 1.165) is 16.1 Å². The number of alkyl halides is 1. The fourth-order valence-electron chi connectivity index (χ4n) is 5.09. The number of nitrogens with two attached hydrogens (primary N) is 1. The Kier molecular flexibility index (Phi) is 10.2. The van der Waals surface area contributed by atoms with Crippen LogP contribution < -0.4 is 21.1 Å². The number of thiophene rings is 1. The zero-order valence-corrected chi connectivity index (χ0v) is 26.5. The number of fused-ring (bicyclic) bond motifs is 2. The summed E-state index contributed by atoms with van der Waals surface area (Å²) in [7, 11) is 1.35. The van der Waals surface area contributed by atoms with Crippen LogP contribution in [0, 0.1) is 11.8 Å². The summed E-state index contributed by atoms with van der Waals surface area (Å²) in [4.78, 5) is 65.8. The molecule has 1 aliphatic carbocycles. The number of anilines is 1. The molecule has 4 heterocycles. The van der Waals surface area contributed by atoms with Gasteiger partial charge in [0.15, 0.2) is 16.9 Å². The molecule has 4 aromatic rings. The molecule has 0 aromatic carbocycles. The number of aromatic amines is 1. The third-order valence-electron chi connectivity index (χ3n) is 7.23. The number of imidazole rings is 1. The van der Waals surface area contributed by atoms with Crippen molar-refractivity contribution in [3.63, 3.8) is 0 Å². The van der Waals surface area contributed by atoms with Crippen molar-refractivity contribution >= 4 is 57.6 Å². The minimum Gasteiger partial charge on any atom is -0.492 e. The molecule has 242 valence electrons. The number of halogens is 1. The normalized spacial score (nSPS) is 12.6. The Hall–Kier alpha value is -4.87. The number of ketones is 2. The fraction of sp³-hybridized carbons (Fsp3) is 0.357. The standard InChI is InChI=1S/C28H31ClN10O6S/c1-15-18(11-31-10-16-8-17(46-13-16)12-45-26-22-25(34-14-33-22)35-27(30)36-26)21-23(19(40)9-20(44-2)24(21)41)38(15)6-3-5-32-28(42)39(37-43)7-4-29/h8-9,13-14,31H,3-7,10-12H2,1-2H3,(H,32,42)(H3,30,33,34,35,36). The minimum atomic E-state index is -0.664. The number of hydrogen-bond donors (Lipinski definition) is 4. The number of ether oxygens (including phenoxy) is 2. The lowest BCUT2D eigenvalue weighted by molar-refractivity contribution is 0.0912. The van der Waals surface area contributed by atoms with E-state index in [4.69, 9.17) is 26.8 Å². The minimum absolute atomic E-state index is 0.0175. The molecule has 2 amide bonds. The third kappa shape index (κ3) is 6.85. The molecule has 0 aliphatic heterocycles. The van der Waals surface area contributed by atoms with Crippen molar-refractivity contribution in [1.29, 1.82) is 0 Å². The summed E-state index contributed by atoms with van der Waals surface area (Å²) in [5.41, 5.74) is 9.75. The van der Waals surface area contributed by atoms with Gasteiger partial charge in [0.1, 0.15) is 12.3 Å². The van der Waals surface area contributed by atoms with Gasteiger partial charge >= 0.3 is 6.03 Å². The Morgan fingerprint density at radius 3 is 2.87 bits per heavy atom. The van der Waals surface area contributed by atoms with Gasteiger partial charge in [-0.1, -0.05) is 0 Å². The number of rotatable bonds is 15. The summed E-state index contributed by atoms with van der Waals surface area (Å²) < 4.78 is 12.9. The zero-order chi connectivity index (χ0) is 32.8. The molecule has 18 heteroatoms. The Labute approximate surface area is 271 Å². The van der Waals surface area contributed by atoms with E-state index in [9.17, 15) is 19.3 Å². The summed E-state index contributed by atoms with van der Waals surface area (Å²) in [5, 5.41) is 11.4. The van der Waals surface area contributed by atoms with Crippen LogP contribution in [0.4, 0.5) is 10.7 Å². The average molecular weight is 671 g/mol. The fourth-order valence-corrected chi connectivity index (χ4v) is 6.05. The van der Waals surface area contributed by atoms with Crippen LogP contribution in [0.25, 0.3) is 11.2 Å². The molecule has 1 aliphatic rings. The summed E-state index contributed by atoms with van der Waals surface area (Å²) in [6, 6.07) is 1.34. The van der Waals surface area contributed by atoms with E-state index in [2.05, 4.69) is 35.9 Å². The molecule has 0 saturated carbocycles. The van der Waals surface area contributed by atoms with Crippen molar-refractivity contribution < 1.29 is 23.9 Å². The van der Waals surface area contributed by atoms with Crippen molar-refractivity contribution in [3.05, 3.63) is 67.5 Å². The van der Waals surface area contributed by atoms with Crippen molar-refractivity contribution in [1.82, 2.24) is 40.1 Å². The molecule has 0 fully saturated rings. The third-order valence-corrected chi connectivity index (χ3v) is 8.36. The number of methoxy groups -OCH3 is 1. The van der Waals surface area contributed by atoms with E-state index in [-0.39, 0.29) is 54.5 Å². The van der Waals surface area contributed by atoms with E-state index in [1.807, 2.05) is 18.4 Å². The number of H-pyrrole nitrogens is 1. The van der Waals surface area contributed by atoms with Crippen molar-refractivity contribution in [2.24, 2.45) is 5.29 Å². The second-order valence-electron chi connectivity index (χ2n) is 10.1. The molecule has 16 nitrogen and oxygen atoms in total. The number of amides is 2. The summed E-state index contributed by atoms with van der Waals surface area (Å²) >= 11 is 7.12. The Balaban J connectivity index is 1.24. The summed E-state index contributed by atoms with van der Waals surface area (Å²) in [6.07, 6.45) is 3.11. The second-order valence-corrected chi connectivity index (χ2v) is 11.5. The van der Waals surface area contributed by atoms with Gasteiger partial charge in [-0.3, -0.25) is 9.59 Å². The number of nitroso groups, excluding NO2 is 1. The molecule has 0 atom stereocenters. The first-order valence-corrected chi connectivity index (χ1v) is 15.5. The van der Waals surface area contributed by atoms with Crippen molar-refractivity contribution in [2.75, 3.05) is 31.8 Å². The molecule has 0 radical (unpaired) electrons. The van der Waals surface area contributed by atoms with Gasteiger partial charge in [-0.15, -0.1) is 27.8 Å². The van der Waals surface area contributed by atoms with Gasteiger partial charge in [-0.25, -0.2) is 9.78 Å². The molecule has 5 rings (SSSR count). The molecule has 46 heavy (non-hydrogen) atoms. The number of hydrogen-bond acceptors (Lipinski definition) is 13. The van der Waals surface area contributed by atoms with Crippen molar-refractivity contribution in [2.45, 2.75) is 39.6 Å². The average Bonchev–Trinajstić information content (AvgIpc) is 3.77. The van der Waals surface area contributed by atoms with Gasteiger partial charge in [0.2, 0.25) is 23.4 Å². The van der Waals surface area contributed by atoms with Crippen LogP contribution in [-0.4, -0.2) is 73.2 Å². The number of allylic oxidation sites excluding steroid dienone is 2. The summed E-state index contributed by atoms with van der Waals surface area (Å²) in [5.74, 6) is -0.305. The predicted molar refractivity (Wildman–Crippen MR) is 169 cm³/mol. The molecule has 0 unspecified atom stereocenters. The van der Waals surface area contributed by atoms with Crippen LogP contribution >= 0.6 is 22.9 Å². The predicted octanol–water partition coefficient (Wildman–Crippen LogP) is 3.21. The van der Waals surface area contributed by atoms with Gasteiger partial charge in [0.25, 0.3) is 0 Å². The number of urea groups is 1. The first-order chi connectivity index (χ1) is 22.2. The smallest absolute Gasteiger partial charge is 0.340 e. The van der Waals surface area contributed by atoms with Crippen molar-refractivity contribution in [3.8, 4) is 5.88 Å². The van der Waals surface area contributed by atoms with Gasteiger partial charge < -0.3 is 35.4 Å². The van der Waals surface area contributed by atoms with E-state index < -0.39 is 6.03 Å². The number of Topliss-reactive ketones (excluding diaryl/α,β-unsaturated/α-hetero) is 1. The lowest BCUT2D eigenvalue weighted by atomic mass is 9.96. The van der Waals surface area contributed by atoms with Crippen LogP contribution in [0.2, 0.25) is 0 Å². The van der Waals surface area contributed by atoms with E-state index >= 15 is 0 Å². The lowest BCUT2D eigenvalue weighted by Crippen LogP contribution is -2.38. The molecule has 4 aromatic heterocycles. The SMILES string of the molecule is COC1=CC(=O)c2c(c(CNCc3csc(COc4nc(N)nc5[nH]cnc45)c3)c(C)n2CCCNC(=O)N(CCCl)N=O)C1=O. The van der Waals surface area contributed by atoms with Crippen LogP contribution in [0.3, 0.4) is 0 Å². The molecule has 0 bridgehead atoms. The summed E-state index contributed by atoms with van der Waals surface area (Å²) in [6.45, 7) is 3.43. The number of nitrogens with one attached hydrogen (secondary N) is 3. The zero-order valence-electron chi connectivity index (χ0n) is 25.0. The molecular weight excluding hydrogens is 640 g/mol. The largest absolute Gasteiger partial charge is 0.492 e. The maximum Gasteiger partial charge on any atom is 0.340 e. The Morgan fingerprint density at radius 2 is 2.11 bits per heavy atom. The first-order valence-electron chi connectivity index (χ1n) is 14.1. The van der Waals surface area contributed by atoms with E-state index in [0.29, 0.717) is 59.2 Å². The molecule has 5 N–H and O–H groups in total. The number of nitrogen functional groups attached to an aromatic ring is 1. The number of carbonyl (C=O) groups is 3. The topological polar surface area (TPSA) is 212 Å². The van der Waals surface area contributed by atoms with Crippen LogP contribution in [0.5, 0.6) is 5.88 Å². The number of aromatic nitrogens is 5. The molecular formula is C28H31ClN10O6S. The van der Waals surface area contributed by atoms with Gasteiger partial charge in [-0.2, -0.15) is 15.0 Å². The van der Waals surface area contributed by atoms with E-state index in [1.54, 1.807) is 4.57 Å². The highest BCUT2D eigenvalue weighted by Crippen LogP contribution is 2.31. The van der Waals surface area contributed by atoms with Crippen LogP contribution in [-0.2, 0) is 31.0 Å². The number of carbonyl (C=O) groups excluding carboxylic acids is 3. The second kappa shape index (κ2) is 14.5.